The Balaban J connectivity index is 1.48. The average molecular weight is 620 g/mol. The lowest BCUT2D eigenvalue weighted by Gasteiger charge is -2.48. The number of nitrogens with zero attached hydrogens (tertiary/aromatic N) is 1. The number of carbonyl (C=O) groups is 3. The molecule has 0 fully saturated rings. The second-order valence-electron chi connectivity index (χ2n) is 13.2. The average Bonchev–Trinajstić information content (AvgIpc) is 2.87. The van der Waals surface area contributed by atoms with Crippen molar-refractivity contribution in [1.29, 1.82) is 0 Å². The number of hydrogen-bond acceptors (Lipinski definition) is 5. The van der Waals surface area contributed by atoms with Gasteiger partial charge in [0.2, 0.25) is 0 Å². The Kier molecular flexibility index (Phi) is 7.79. The van der Waals surface area contributed by atoms with Crippen LogP contribution in [-0.2, 0) is 14.4 Å². The minimum atomic E-state index is -0.412. The minimum Gasteiger partial charge on any atom is -0.483 e. The van der Waals surface area contributed by atoms with Gasteiger partial charge in [-0.3, -0.25) is 14.4 Å². The second kappa shape index (κ2) is 10.9. The van der Waals surface area contributed by atoms with Crippen molar-refractivity contribution in [3.63, 3.8) is 0 Å². The third-order valence-corrected chi connectivity index (χ3v) is 8.94. The molecule has 1 amide bonds. The summed E-state index contributed by atoms with van der Waals surface area (Å²) in [6, 6.07) is 13.3. The van der Waals surface area contributed by atoms with Gasteiger partial charge in [0.25, 0.3) is 5.91 Å². The molecule has 0 spiro atoms. The first-order chi connectivity index (χ1) is 19.3. The number of nitrogens with one attached hydrogen (secondary N) is 1. The van der Waals surface area contributed by atoms with Gasteiger partial charge in [-0.2, -0.15) is 0 Å². The Morgan fingerprint density at radius 1 is 0.927 bits per heavy atom. The molecule has 5 rings (SSSR count). The normalized spacial score (nSPS) is 20.1. The van der Waals surface area contributed by atoms with Crippen molar-refractivity contribution in [3.8, 4) is 5.75 Å². The van der Waals surface area contributed by atoms with E-state index in [1.54, 1.807) is 0 Å². The number of ether oxygens (including phenoxy) is 1. The Bertz CT molecular complexity index is 1430. The maximum absolute atomic E-state index is 13.8. The third-order valence-electron chi connectivity index (χ3n) is 8.32. The number of rotatable bonds is 6. The number of anilines is 1. The number of halogens is 1. The molecule has 6 nitrogen and oxygen atoms in total. The van der Waals surface area contributed by atoms with Crippen LogP contribution in [0, 0.1) is 17.8 Å². The Hall–Kier alpha value is -3.19. The molecule has 1 N–H and O–H groups in total. The van der Waals surface area contributed by atoms with Crippen molar-refractivity contribution in [2.45, 2.75) is 73.1 Å². The molecule has 0 saturated carbocycles. The molecule has 7 heteroatoms. The lowest BCUT2D eigenvalue weighted by Crippen LogP contribution is -2.44. The van der Waals surface area contributed by atoms with Crippen LogP contribution in [0.15, 0.2) is 69.5 Å². The van der Waals surface area contributed by atoms with Crippen molar-refractivity contribution in [3.05, 3.63) is 80.6 Å². The van der Waals surface area contributed by atoms with E-state index in [1.165, 1.54) is 0 Å². The van der Waals surface area contributed by atoms with Crippen LogP contribution < -0.4 is 10.1 Å². The molecule has 0 saturated heterocycles. The maximum Gasteiger partial charge on any atom is 0.262 e. The van der Waals surface area contributed by atoms with Gasteiger partial charge in [0.1, 0.15) is 5.75 Å². The van der Waals surface area contributed by atoms with Crippen LogP contribution in [0.5, 0.6) is 5.75 Å². The zero-order valence-electron chi connectivity index (χ0n) is 24.8. The molecule has 0 radical (unpaired) electrons. The van der Waals surface area contributed by atoms with Crippen molar-refractivity contribution in [2.75, 3.05) is 18.5 Å². The zero-order chi connectivity index (χ0) is 29.7. The van der Waals surface area contributed by atoms with E-state index >= 15 is 0 Å². The summed E-state index contributed by atoms with van der Waals surface area (Å²) in [4.78, 5) is 42.4. The van der Waals surface area contributed by atoms with Crippen LogP contribution in [0.25, 0.3) is 0 Å². The van der Waals surface area contributed by atoms with Crippen molar-refractivity contribution >= 4 is 39.1 Å². The molecule has 216 valence electrons. The van der Waals surface area contributed by atoms with E-state index in [0.29, 0.717) is 28.8 Å². The lowest BCUT2D eigenvalue weighted by atomic mass is 9.63. The van der Waals surface area contributed by atoms with E-state index in [9.17, 15) is 14.4 Å². The monoisotopic (exact) mass is 618 g/mol. The van der Waals surface area contributed by atoms with Crippen LogP contribution in [0.1, 0.15) is 77.3 Å². The molecule has 2 aromatic carbocycles. The first-order valence-electron chi connectivity index (χ1n) is 14.4. The Labute approximate surface area is 251 Å². The van der Waals surface area contributed by atoms with E-state index in [0.717, 1.165) is 53.1 Å². The van der Waals surface area contributed by atoms with Crippen LogP contribution in [0.4, 0.5) is 5.69 Å². The summed E-state index contributed by atoms with van der Waals surface area (Å²) >= 11 is 3.64. The smallest absolute Gasteiger partial charge is 0.262 e. The molecule has 41 heavy (non-hydrogen) atoms. The summed E-state index contributed by atoms with van der Waals surface area (Å²) in [5, 5.41) is 2.85. The number of amides is 1. The van der Waals surface area contributed by atoms with Crippen molar-refractivity contribution < 1.29 is 19.1 Å². The van der Waals surface area contributed by atoms with Gasteiger partial charge in [-0.05, 0) is 83.3 Å². The van der Waals surface area contributed by atoms with Gasteiger partial charge in [-0.15, -0.1) is 0 Å². The molecule has 2 aromatic rings. The predicted molar refractivity (Wildman–Crippen MR) is 165 cm³/mol. The standard InChI is InChI=1S/C34H39BrN2O4/c1-7-37-24-15-33(3,4)17-26(38)31(24)30(32-25(37)16-34(5,6)18-27(32)39)21-10-13-28(23(35)14-21)41-19-29(40)36-22-11-8-20(2)9-12-22/h8-14,30H,7,15-19H2,1-6H3,(H,36,40). The zero-order valence-corrected chi connectivity index (χ0v) is 26.4. The molecular formula is C34H39BrN2O4. The summed E-state index contributed by atoms with van der Waals surface area (Å²) in [6.45, 7) is 13.3. The Morgan fingerprint density at radius 3 is 2.00 bits per heavy atom. The van der Waals surface area contributed by atoms with Gasteiger partial charge in [0.15, 0.2) is 18.2 Å². The van der Waals surface area contributed by atoms with Crippen molar-refractivity contribution in [1.82, 2.24) is 4.90 Å². The molecule has 0 bridgehead atoms. The topological polar surface area (TPSA) is 75.7 Å². The van der Waals surface area contributed by atoms with Crippen LogP contribution in [0.3, 0.4) is 0 Å². The van der Waals surface area contributed by atoms with Gasteiger partial charge in [-0.25, -0.2) is 0 Å². The molecule has 0 aromatic heterocycles. The second-order valence-corrected chi connectivity index (χ2v) is 14.0. The number of allylic oxidation sites excluding steroid dienone is 4. The number of benzene rings is 2. The van der Waals surface area contributed by atoms with Crippen LogP contribution in [-0.4, -0.2) is 35.5 Å². The largest absolute Gasteiger partial charge is 0.483 e. The number of aryl methyl sites for hydroxylation is 1. The van der Waals surface area contributed by atoms with Gasteiger partial charge >= 0.3 is 0 Å². The summed E-state index contributed by atoms with van der Waals surface area (Å²) < 4.78 is 6.53. The van der Waals surface area contributed by atoms with E-state index in [-0.39, 0.29) is 34.9 Å². The van der Waals surface area contributed by atoms with Crippen LogP contribution in [0.2, 0.25) is 0 Å². The van der Waals surface area contributed by atoms with Gasteiger partial charge in [0.05, 0.1) is 4.47 Å². The number of ketones is 2. The number of carbonyl (C=O) groups excluding carboxylic acids is 3. The highest BCUT2D eigenvalue weighted by atomic mass is 79.9. The van der Waals surface area contributed by atoms with Crippen molar-refractivity contribution in [2.24, 2.45) is 10.8 Å². The molecule has 0 unspecified atom stereocenters. The summed E-state index contributed by atoms with van der Waals surface area (Å²) in [5.74, 6) is 0.0908. The van der Waals surface area contributed by atoms with E-state index in [2.05, 4.69) is 60.8 Å². The predicted octanol–water partition coefficient (Wildman–Crippen LogP) is 7.48. The fourth-order valence-corrected chi connectivity index (χ4v) is 7.06. The molecule has 3 aliphatic rings. The summed E-state index contributed by atoms with van der Waals surface area (Å²) in [5.41, 5.74) is 6.07. The fourth-order valence-electron chi connectivity index (χ4n) is 6.55. The molecule has 0 atom stereocenters. The highest BCUT2D eigenvalue weighted by molar-refractivity contribution is 9.10. The Morgan fingerprint density at radius 2 is 1.49 bits per heavy atom. The molecular weight excluding hydrogens is 580 g/mol. The van der Waals surface area contributed by atoms with E-state index in [1.807, 2.05) is 49.4 Å². The number of hydrogen-bond donors (Lipinski definition) is 1. The first kappa shape index (κ1) is 29.3. The van der Waals surface area contributed by atoms with E-state index < -0.39 is 5.92 Å². The first-order valence-corrected chi connectivity index (χ1v) is 15.2. The molecule has 2 aliphatic carbocycles. The fraction of sp³-hybridized carbons (Fsp3) is 0.441. The van der Waals surface area contributed by atoms with Gasteiger partial charge in [0, 0.05) is 53.5 Å². The maximum atomic E-state index is 13.8. The number of Topliss-reactive ketones (excluding diaryl/α,β-unsaturated/α-hetero) is 2. The lowest BCUT2D eigenvalue weighted by molar-refractivity contribution is -0.120. The summed E-state index contributed by atoms with van der Waals surface area (Å²) in [6.07, 6.45) is 2.51. The van der Waals surface area contributed by atoms with Gasteiger partial charge in [-0.1, -0.05) is 51.5 Å². The minimum absolute atomic E-state index is 0.119. The highest BCUT2D eigenvalue weighted by Crippen LogP contribution is 2.54. The highest BCUT2D eigenvalue weighted by Gasteiger charge is 2.48. The SMILES string of the molecule is CCN1C2=C(C(=O)CC(C)(C)C2)C(c2ccc(OCC(=O)Nc3ccc(C)cc3)c(Br)c2)C2=C1CC(C)(C)CC2=O. The quantitative estimate of drug-likeness (QED) is 0.363. The van der Waals surface area contributed by atoms with Crippen LogP contribution >= 0.6 is 15.9 Å². The summed E-state index contributed by atoms with van der Waals surface area (Å²) in [7, 11) is 0. The third kappa shape index (κ3) is 5.92. The van der Waals surface area contributed by atoms with E-state index in [4.69, 9.17) is 4.74 Å². The van der Waals surface area contributed by atoms with Gasteiger partial charge < -0.3 is 15.0 Å². The molecule has 1 heterocycles. The molecule has 1 aliphatic heterocycles.